The van der Waals surface area contributed by atoms with Crippen molar-refractivity contribution < 1.29 is 24.2 Å². The molecule has 222 valence electrons. The lowest BCUT2D eigenvalue weighted by atomic mass is 9.96. The maximum atomic E-state index is 12.7. The van der Waals surface area contributed by atoms with E-state index in [0.29, 0.717) is 50.5 Å². The number of rotatable bonds is 11. The van der Waals surface area contributed by atoms with E-state index in [2.05, 4.69) is 25.1 Å². The van der Waals surface area contributed by atoms with Crippen LogP contribution in [0, 0.1) is 5.92 Å². The maximum Gasteiger partial charge on any atom is 0.306 e. The number of nitrogens with one attached hydrogen (secondary N) is 1. The minimum Gasteiger partial charge on any atom is -0.490 e. The summed E-state index contributed by atoms with van der Waals surface area (Å²) >= 11 is 0. The van der Waals surface area contributed by atoms with Crippen molar-refractivity contribution in [2.45, 2.75) is 51.6 Å². The Labute approximate surface area is 246 Å². The van der Waals surface area contributed by atoms with Crippen molar-refractivity contribution in [1.29, 1.82) is 0 Å². The van der Waals surface area contributed by atoms with Gasteiger partial charge in [-0.3, -0.25) is 14.6 Å². The Morgan fingerprint density at radius 3 is 2.48 bits per heavy atom. The Hall–Kier alpha value is -4.34. The number of carboxylic acids is 1. The maximum absolute atomic E-state index is 12.7. The molecule has 0 bridgehead atoms. The topological polar surface area (TPSA) is 117 Å². The zero-order valence-corrected chi connectivity index (χ0v) is 24.1. The molecule has 42 heavy (non-hydrogen) atoms. The van der Waals surface area contributed by atoms with Crippen molar-refractivity contribution in [3.63, 3.8) is 0 Å². The van der Waals surface area contributed by atoms with Crippen molar-refractivity contribution >= 4 is 29.2 Å². The predicted molar refractivity (Wildman–Crippen MR) is 161 cm³/mol. The molecule has 2 aliphatic rings. The van der Waals surface area contributed by atoms with Crippen LogP contribution in [0.5, 0.6) is 11.5 Å². The molecule has 3 aromatic rings. The lowest BCUT2D eigenvalue weighted by Crippen LogP contribution is -2.41. The van der Waals surface area contributed by atoms with Gasteiger partial charge in [-0.2, -0.15) is 0 Å². The third-order valence-corrected chi connectivity index (χ3v) is 7.82. The number of carbonyl (C=O) groups is 2. The summed E-state index contributed by atoms with van der Waals surface area (Å²) in [6.07, 6.45) is 7.43. The first kappa shape index (κ1) is 29.2. The number of hydrogen-bond donors (Lipinski definition) is 2. The molecule has 2 fully saturated rings. The Balaban J connectivity index is 1.11. The standard InChI is InChI=1S/C32H39N5O5/c1-2-41-27-7-3-4-8-28(27)42-26-6-5-17-37(22-26)30-21-33-20-29(34-30)35-31(38)14-11-23-9-12-25(13-10-23)36-18-15-24(16-19-36)32(39)40/h3-4,7-10,12-13,20-21,24,26H,2,5-6,11,14-19,22H2,1H3,(H,39,40)(H,34,35,38). The van der Waals surface area contributed by atoms with E-state index < -0.39 is 5.97 Å². The van der Waals surface area contributed by atoms with Gasteiger partial charge >= 0.3 is 5.97 Å². The molecule has 10 nitrogen and oxygen atoms in total. The smallest absolute Gasteiger partial charge is 0.306 e. The van der Waals surface area contributed by atoms with Crippen LogP contribution in [-0.2, 0) is 16.0 Å². The van der Waals surface area contributed by atoms with Gasteiger partial charge in [0.05, 0.1) is 31.5 Å². The van der Waals surface area contributed by atoms with Gasteiger partial charge in [0.2, 0.25) is 5.91 Å². The molecule has 1 atom stereocenters. The first-order chi connectivity index (χ1) is 20.5. The summed E-state index contributed by atoms with van der Waals surface area (Å²) < 4.78 is 12.0. The second kappa shape index (κ2) is 14.0. The van der Waals surface area contributed by atoms with Crippen LogP contribution in [0.4, 0.5) is 17.3 Å². The normalized spacial score (nSPS) is 17.5. The first-order valence-corrected chi connectivity index (χ1v) is 14.8. The van der Waals surface area contributed by atoms with E-state index in [9.17, 15) is 14.7 Å². The molecule has 0 radical (unpaired) electrons. The van der Waals surface area contributed by atoms with Crippen molar-refractivity contribution in [2.24, 2.45) is 5.92 Å². The number of nitrogens with zero attached hydrogens (tertiary/aromatic N) is 4. The number of hydrogen-bond acceptors (Lipinski definition) is 8. The zero-order valence-electron chi connectivity index (χ0n) is 24.1. The molecular weight excluding hydrogens is 534 g/mol. The highest BCUT2D eigenvalue weighted by Gasteiger charge is 2.25. The summed E-state index contributed by atoms with van der Waals surface area (Å²) in [7, 11) is 0. The monoisotopic (exact) mass is 573 g/mol. The third-order valence-electron chi connectivity index (χ3n) is 7.82. The molecule has 0 spiro atoms. The van der Waals surface area contributed by atoms with Crippen LogP contribution in [-0.4, -0.2) is 65.8 Å². The molecule has 2 saturated heterocycles. The average molecular weight is 574 g/mol. The molecule has 5 rings (SSSR count). The Morgan fingerprint density at radius 2 is 1.74 bits per heavy atom. The van der Waals surface area contributed by atoms with Crippen LogP contribution in [0.15, 0.2) is 60.9 Å². The quantitative estimate of drug-likeness (QED) is 0.334. The molecule has 1 aromatic heterocycles. The number of anilines is 3. The Morgan fingerprint density at radius 1 is 0.976 bits per heavy atom. The minimum absolute atomic E-state index is 0.0108. The second-order valence-corrected chi connectivity index (χ2v) is 10.8. The van der Waals surface area contributed by atoms with E-state index in [4.69, 9.17) is 9.47 Å². The van der Waals surface area contributed by atoms with Gasteiger partial charge in [0.15, 0.2) is 17.3 Å². The van der Waals surface area contributed by atoms with Crippen LogP contribution >= 0.6 is 0 Å². The molecule has 0 saturated carbocycles. The second-order valence-electron chi connectivity index (χ2n) is 10.8. The fraction of sp³-hybridized carbons (Fsp3) is 0.438. The SMILES string of the molecule is CCOc1ccccc1OC1CCCN(c2cncc(NC(=O)CCc3ccc(N4CCC(C(=O)O)CC4)cc3)n2)C1. The number of benzene rings is 2. The first-order valence-electron chi connectivity index (χ1n) is 14.8. The Bertz CT molecular complexity index is 1340. The molecule has 1 amide bonds. The molecule has 2 aromatic carbocycles. The van der Waals surface area contributed by atoms with Crippen LogP contribution in [0.3, 0.4) is 0 Å². The number of para-hydroxylation sites is 2. The van der Waals surface area contributed by atoms with Crippen LogP contribution in [0.1, 0.15) is 44.6 Å². The fourth-order valence-electron chi connectivity index (χ4n) is 5.53. The molecule has 2 N–H and O–H groups in total. The largest absolute Gasteiger partial charge is 0.490 e. The number of aromatic nitrogens is 2. The van der Waals surface area contributed by atoms with Crippen molar-refractivity contribution in [1.82, 2.24) is 9.97 Å². The van der Waals surface area contributed by atoms with E-state index >= 15 is 0 Å². The van der Waals surface area contributed by atoms with E-state index in [1.54, 1.807) is 12.4 Å². The van der Waals surface area contributed by atoms with Gasteiger partial charge in [0.1, 0.15) is 11.9 Å². The molecule has 10 heteroatoms. The minimum atomic E-state index is -0.703. The summed E-state index contributed by atoms with van der Waals surface area (Å²) in [6, 6.07) is 15.9. The number of carbonyl (C=O) groups excluding carboxylic acids is 1. The third kappa shape index (κ3) is 7.69. The number of ether oxygens (including phenoxy) is 2. The zero-order chi connectivity index (χ0) is 29.3. The number of piperidine rings is 2. The average Bonchev–Trinajstić information content (AvgIpc) is 3.02. The van der Waals surface area contributed by atoms with Crippen LogP contribution in [0.25, 0.3) is 0 Å². The lowest BCUT2D eigenvalue weighted by molar-refractivity contribution is -0.142. The molecule has 1 unspecified atom stereocenters. The summed E-state index contributed by atoms with van der Waals surface area (Å²) in [6.45, 7) is 5.52. The van der Waals surface area contributed by atoms with E-state index in [1.165, 1.54) is 0 Å². The Kier molecular flexibility index (Phi) is 9.74. The van der Waals surface area contributed by atoms with Crippen LogP contribution < -0.4 is 24.6 Å². The summed E-state index contributed by atoms with van der Waals surface area (Å²) in [5.41, 5.74) is 2.16. The summed E-state index contributed by atoms with van der Waals surface area (Å²) in [5, 5.41) is 12.1. The van der Waals surface area contributed by atoms with Gasteiger partial charge in [0, 0.05) is 31.7 Å². The van der Waals surface area contributed by atoms with Gasteiger partial charge < -0.3 is 29.7 Å². The van der Waals surface area contributed by atoms with Gasteiger partial charge in [-0.05, 0) is 68.9 Å². The fourth-order valence-corrected chi connectivity index (χ4v) is 5.53. The molecule has 3 heterocycles. The molecule has 0 aliphatic carbocycles. The highest BCUT2D eigenvalue weighted by atomic mass is 16.5. The van der Waals surface area contributed by atoms with Gasteiger partial charge in [0.25, 0.3) is 0 Å². The highest BCUT2D eigenvalue weighted by molar-refractivity contribution is 5.89. The van der Waals surface area contributed by atoms with E-state index in [0.717, 1.165) is 55.2 Å². The number of carboxylic acid groups (broad SMARTS) is 1. The summed E-state index contributed by atoms with van der Waals surface area (Å²) in [5.74, 6) is 1.57. The van der Waals surface area contributed by atoms with Crippen molar-refractivity contribution in [3.05, 3.63) is 66.5 Å². The van der Waals surface area contributed by atoms with Gasteiger partial charge in [-0.25, -0.2) is 4.98 Å². The van der Waals surface area contributed by atoms with Gasteiger partial charge in [-0.1, -0.05) is 24.3 Å². The van der Waals surface area contributed by atoms with E-state index in [-0.39, 0.29) is 17.9 Å². The van der Waals surface area contributed by atoms with Crippen molar-refractivity contribution in [2.75, 3.05) is 47.9 Å². The predicted octanol–water partition coefficient (Wildman–Crippen LogP) is 4.80. The summed E-state index contributed by atoms with van der Waals surface area (Å²) in [4.78, 5) is 37.3. The van der Waals surface area contributed by atoms with Gasteiger partial charge in [-0.15, -0.1) is 0 Å². The van der Waals surface area contributed by atoms with E-state index in [1.807, 2.05) is 55.5 Å². The highest BCUT2D eigenvalue weighted by Crippen LogP contribution is 2.30. The molecular formula is C32H39N5O5. The van der Waals surface area contributed by atoms with Crippen molar-refractivity contribution in [3.8, 4) is 11.5 Å². The number of aryl methyl sites for hydroxylation is 1. The number of aliphatic carboxylic acids is 1. The molecule has 2 aliphatic heterocycles. The number of amides is 1. The van der Waals surface area contributed by atoms with Crippen LogP contribution in [0.2, 0.25) is 0 Å². The lowest BCUT2D eigenvalue weighted by Gasteiger charge is -2.33.